The molecule has 1 aliphatic heterocycles. The fourth-order valence-electron chi connectivity index (χ4n) is 2.22. The summed E-state index contributed by atoms with van der Waals surface area (Å²) in [5.74, 6) is 0.0732. The van der Waals surface area contributed by atoms with Gasteiger partial charge >= 0.3 is 0 Å². The van der Waals surface area contributed by atoms with Gasteiger partial charge in [0.2, 0.25) is 11.8 Å². The average molecular weight is 261 g/mol. The maximum absolute atomic E-state index is 11.8. The first kappa shape index (κ1) is 13.4. The second kappa shape index (κ2) is 5.73. The maximum atomic E-state index is 11.8. The molecule has 19 heavy (non-hydrogen) atoms. The van der Waals surface area contributed by atoms with E-state index >= 15 is 0 Å². The molecule has 0 aromatic heterocycles. The number of likely N-dealkylation sites (tertiary alicyclic amines) is 1. The van der Waals surface area contributed by atoms with Crippen molar-refractivity contribution in [2.45, 2.75) is 26.2 Å². The molecule has 5 heteroatoms. The molecule has 0 spiro atoms. The number of hydrogen-bond donors (Lipinski definition) is 2. The predicted octanol–water partition coefficient (Wildman–Crippen LogP) is 1.53. The molecule has 0 bridgehead atoms. The maximum Gasteiger partial charge on any atom is 0.226 e. The molecule has 0 unspecified atom stereocenters. The van der Waals surface area contributed by atoms with Gasteiger partial charge in [0.25, 0.3) is 0 Å². The zero-order valence-corrected chi connectivity index (χ0v) is 11.1. The second-order valence-electron chi connectivity index (χ2n) is 4.86. The van der Waals surface area contributed by atoms with Gasteiger partial charge in [-0.15, -0.1) is 0 Å². The van der Waals surface area contributed by atoms with Crippen molar-refractivity contribution >= 4 is 23.2 Å². The quantitative estimate of drug-likeness (QED) is 0.807. The lowest BCUT2D eigenvalue weighted by atomic mass is 10.2. The molecule has 1 heterocycles. The molecular weight excluding hydrogens is 242 g/mol. The van der Waals surface area contributed by atoms with Crippen molar-refractivity contribution in [3.05, 3.63) is 23.8 Å². The lowest BCUT2D eigenvalue weighted by molar-refractivity contribution is -0.128. The number of nitrogen functional groups attached to an aromatic ring is 1. The van der Waals surface area contributed by atoms with E-state index in [0.717, 1.165) is 24.2 Å². The summed E-state index contributed by atoms with van der Waals surface area (Å²) in [6.45, 7) is 3.17. The van der Waals surface area contributed by atoms with Gasteiger partial charge in [-0.2, -0.15) is 0 Å². The molecule has 5 nitrogen and oxygen atoms in total. The van der Waals surface area contributed by atoms with Gasteiger partial charge in [0.05, 0.1) is 0 Å². The van der Waals surface area contributed by atoms with Crippen LogP contribution in [0.1, 0.15) is 24.8 Å². The van der Waals surface area contributed by atoms with Crippen LogP contribution in [0.3, 0.4) is 0 Å². The van der Waals surface area contributed by atoms with E-state index in [1.54, 1.807) is 17.0 Å². The van der Waals surface area contributed by atoms with Crippen LogP contribution in [-0.2, 0) is 9.59 Å². The summed E-state index contributed by atoms with van der Waals surface area (Å²) in [7, 11) is 0. The first-order valence-corrected chi connectivity index (χ1v) is 6.50. The van der Waals surface area contributed by atoms with Crippen LogP contribution < -0.4 is 11.1 Å². The van der Waals surface area contributed by atoms with Crippen LogP contribution in [0.4, 0.5) is 11.4 Å². The van der Waals surface area contributed by atoms with Gasteiger partial charge in [-0.3, -0.25) is 9.59 Å². The zero-order chi connectivity index (χ0) is 13.8. The third kappa shape index (κ3) is 3.47. The molecule has 2 amide bonds. The number of amides is 2. The highest BCUT2D eigenvalue weighted by Crippen LogP contribution is 2.18. The number of anilines is 2. The second-order valence-corrected chi connectivity index (χ2v) is 4.86. The minimum absolute atomic E-state index is 0.0763. The van der Waals surface area contributed by atoms with E-state index in [2.05, 4.69) is 5.32 Å². The smallest absolute Gasteiger partial charge is 0.226 e. The Balaban J connectivity index is 1.85. The van der Waals surface area contributed by atoms with Gasteiger partial charge in [-0.1, -0.05) is 0 Å². The first-order valence-electron chi connectivity index (χ1n) is 6.50. The van der Waals surface area contributed by atoms with Crippen molar-refractivity contribution in [1.82, 2.24) is 4.90 Å². The van der Waals surface area contributed by atoms with E-state index in [-0.39, 0.29) is 11.8 Å². The lowest BCUT2D eigenvalue weighted by Gasteiger charge is -2.15. The Morgan fingerprint density at radius 1 is 1.47 bits per heavy atom. The molecule has 1 fully saturated rings. The van der Waals surface area contributed by atoms with E-state index in [1.165, 1.54) is 0 Å². The molecular formula is C14H19N3O2. The normalized spacial score (nSPS) is 14.8. The van der Waals surface area contributed by atoms with E-state index in [1.807, 2.05) is 13.0 Å². The number of benzene rings is 1. The van der Waals surface area contributed by atoms with Crippen LogP contribution in [0.25, 0.3) is 0 Å². The Morgan fingerprint density at radius 3 is 2.89 bits per heavy atom. The van der Waals surface area contributed by atoms with Gasteiger partial charge < -0.3 is 16.0 Å². The molecule has 3 N–H and O–H groups in total. The third-order valence-corrected chi connectivity index (χ3v) is 3.30. The van der Waals surface area contributed by atoms with E-state index in [4.69, 9.17) is 5.73 Å². The van der Waals surface area contributed by atoms with Crippen LogP contribution in [0, 0.1) is 6.92 Å². The van der Waals surface area contributed by atoms with E-state index in [9.17, 15) is 9.59 Å². The Hall–Kier alpha value is -2.04. The Morgan fingerprint density at radius 2 is 2.26 bits per heavy atom. The number of nitrogens with zero attached hydrogens (tertiary/aromatic N) is 1. The van der Waals surface area contributed by atoms with E-state index in [0.29, 0.717) is 25.1 Å². The highest BCUT2D eigenvalue weighted by molar-refractivity contribution is 5.92. The molecule has 0 saturated carbocycles. The molecule has 1 aliphatic rings. The van der Waals surface area contributed by atoms with Crippen molar-refractivity contribution in [2.24, 2.45) is 0 Å². The highest BCUT2D eigenvalue weighted by Gasteiger charge is 2.20. The first-order chi connectivity index (χ1) is 9.06. The number of carbonyl (C=O) groups is 2. The number of nitrogens with two attached hydrogens (primary N) is 1. The van der Waals surface area contributed by atoms with Crippen LogP contribution in [0.5, 0.6) is 0 Å². The van der Waals surface area contributed by atoms with Gasteiger partial charge in [0, 0.05) is 37.3 Å². The molecule has 0 atom stereocenters. The predicted molar refractivity (Wildman–Crippen MR) is 74.7 cm³/mol. The van der Waals surface area contributed by atoms with Crippen LogP contribution in [0.15, 0.2) is 18.2 Å². The molecule has 1 aromatic rings. The average Bonchev–Trinajstić information content (AvgIpc) is 2.76. The van der Waals surface area contributed by atoms with Crippen molar-refractivity contribution in [1.29, 1.82) is 0 Å². The van der Waals surface area contributed by atoms with Gasteiger partial charge in [-0.25, -0.2) is 0 Å². The fourth-order valence-corrected chi connectivity index (χ4v) is 2.22. The molecule has 0 aliphatic carbocycles. The van der Waals surface area contributed by atoms with Crippen molar-refractivity contribution in [2.75, 3.05) is 24.1 Å². The Kier molecular flexibility index (Phi) is 4.04. The van der Waals surface area contributed by atoms with Crippen LogP contribution >= 0.6 is 0 Å². The van der Waals surface area contributed by atoms with Gasteiger partial charge in [0.1, 0.15) is 0 Å². The lowest BCUT2D eigenvalue weighted by Crippen LogP contribution is -2.28. The summed E-state index contributed by atoms with van der Waals surface area (Å²) >= 11 is 0. The van der Waals surface area contributed by atoms with Crippen LogP contribution in [-0.4, -0.2) is 29.8 Å². The summed E-state index contributed by atoms with van der Waals surface area (Å²) in [5.41, 5.74) is 8.04. The summed E-state index contributed by atoms with van der Waals surface area (Å²) in [6.07, 6.45) is 1.84. The molecule has 2 rings (SSSR count). The minimum atomic E-state index is -0.0763. The number of rotatable bonds is 4. The molecule has 1 aromatic carbocycles. The van der Waals surface area contributed by atoms with Crippen molar-refractivity contribution < 1.29 is 9.59 Å². The van der Waals surface area contributed by atoms with Crippen molar-refractivity contribution in [3.8, 4) is 0 Å². The Bertz CT molecular complexity index is 499. The summed E-state index contributed by atoms with van der Waals surface area (Å²) in [4.78, 5) is 25.0. The topological polar surface area (TPSA) is 75.4 Å². The SMILES string of the molecule is Cc1cc(N)ccc1NC(=O)CCN1CCCC1=O. The highest BCUT2D eigenvalue weighted by atomic mass is 16.2. The van der Waals surface area contributed by atoms with Gasteiger partial charge in [0.15, 0.2) is 0 Å². The Labute approximate surface area is 112 Å². The summed E-state index contributed by atoms with van der Waals surface area (Å²) in [6, 6.07) is 5.37. The standard InChI is InChI=1S/C14H19N3O2/c1-10-9-11(15)4-5-12(10)16-13(18)6-8-17-7-2-3-14(17)19/h4-5,9H,2-3,6-8,15H2,1H3,(H,16,18). The zero-order valence-electron chi connectivity index (χ0n) is 11.1. The summed E-state index contributed by atoms with van der Waals surface area (Å²) < 4.78 is 0. The van der Waals surface area contributed by atoms with Crippen LogP contribution in [0.2, 0.25) is 0 Å². The largest absolute Gasteiger partial charge is 0.399 e. The fraction of sp³-hybridized carbons (Fsp3) is 0.429. The molecule has 1 saturated heterocycles. The van der Waals surface area contributed by atoms with Gasteiger partial charge in [-0.05, 0) is 37.1 Å². The summed E-state index contributed by atoms with van der Waals surface area (Å²) in [5, 5.41) is 2.84. The van der Waals surface area contributed by atoms with E-state index < -0.39 is 0 Å². The number of aryl methyl sites for hydroxylation is 1. The molecule has 102 valence electrons. The minimum Gasteiger partial charge on any atom is -0.399 e. The van der Waals surface area contributed by atoms with Crippen molar-refractivity contribution in [3.63, 3.8) is 0 Å². The monoisotopic (exact) mass is 261 g/mol. The number of carbonyl (C=O) groups excluding carboxylic acids is 2. The number of nitrogens with one attached hydrogen (secondary N) is 1. The molecule has 0 radical (unpaired) electrons. The number of hydrogen-bond acceptors (Lipinski definition) is 3. The third-order valence-electron chi connectivity index (χ3n) is 3.30.